The molecular weight excluding hydrogens is 252 g/mol. The van der Waals surface area contributed by atoms with Crippen LogP contribution in [0.4, 0.5) is 0 Å². The first kappa shape index (κ1) is 13.3. The predicted octanol–water partition coefficient (Wildman–Crippen LogP) is 3.11. The highest BCUT2D eigenvalue weighted by Crippen LogP contribution is 2.40. The standard InChI is InChI=1S/C17H20O3/c1-10-4-16-12(9-17(2,3)20-16)7-15(10)11-5-13(18)8-14(19)6-11/h4,7,11H,5-6,8-9H2,1-3H3. The Bertz CT molecular complexity index is 582. The van der Waals surface area contributed by atoms with Crippen molar-refractivity contribution >= 4 is 11.6 Å². The number of ketones is 2. The molecular formula is C17H20O3. The van der Waals surface area contributed by atoms with Gasteiger partial charge in [0.25, 0.3) is 0 Å². The van der Waals surface area contributed by atoms with Crippen molar-refractivity contribution in [1.29, 1.82) is 0 Å². The van der Waals surface area contributed by atoms with Gasteiger partial charge in [-0.15, -0.1) is 0 Å². The quantitative estimate of drug-likeness (QED) is 0.738. The third kappa shape index (κ3) is 2.37. The van der Waals surface area contributed by atoms with Crippen molar-refractivity contribution in [1.82, 2.24) is 0 Å². The van der Waals surface area contributed by atoms with E-state index in [1.807, 2.05) is 6.92 Å². The monoisotopic (exact) mass is 272 g/mol. The van der Waals surface area contributed by atoms with E-state index in [0.717, 1.165) is 23.3 Å². The van der Waals surface area contributed by atoms with Crippen LogP contribution in [0, 0.1) is 6.92 Å². The fraction of sp³-hybridized carbons (Fsp3) is 0.529. The van der Waals surface area contributed by atoms with Gasteiger partial charge < -0.3 is 4.74 Å². The normalized spacial score (nSPS) is 21.8. The van der Waals surface area contributed by atoms with E-state index in [1.165, 1.54) is 5.56 Å². The number of rotatable bonds is 1. The molecule has 2 aliphatic rings. The molecule has 1 heterocycles. The number of fused-ring (bicyclic) bond motifs is 1. The average Bonchev–Trinajstić information content (AvgIpc) is 2.59. The van der Waals surface area contributed by atoms with E-state index in [1.54, 1.807) is 0 Å². The Labute approximate surface area is 119 Å². The molecule has 20 heavy (non-hydrogen) atoms. The molecule has 0 radical (unpaired) electrons. The first-order valence-corrected chi connectivity index (χ1v) is 7.20. The topological polar surface area (TPSA) is 43.4 Å². The summed E-state index contributed by atoms with van der Waals surface area (Å²) in [5.74, 6) is 1.15. The lowest BCUT2D eigenvalue weighted by Gasteiger charge is -2.22. The molecule has 3 nitrogen and oxygen atoms in total. The summed E-state index contributed by atoms with van der Waals surface area (Å²) < 4.78 is 5.93. The molecule has 0 bridgehead atoms. The van der Waals surface area contributed by atoms with Gasteiger partial charge in [0.2, 0.25) is 0 Å². The Morgan fingerprint density at radius 2 is 1.80 bits per heavy atom. The lowest BCUT2D eigenvalue weighted by Crippen LogP contribution is -2.24. The average molecular weight is 272 g/mol. The van der Waals surface area contributed by atoms with Crippen LogP contribution in [0.25, 0.3) is 0 Å². The van der Waals surface area contributed by atoms with E-state index in [2.05, 4.69) is 26.0 Å². The second-order valence-corrected chi connectivity index (χ2v) is 6.71. The first-order valence-electron chi connectivity index (χ1n) is 7.20. The Morgan fingerprint density at radius 3 is 2.45 bits per heavy atom. The molecule has 1 aromatic rings. The van der Waals surface area contributed by atoms with E-state index in [4.69, 9.17) is 4.74 Å². The van der Waals surface area contributed by atoms with E-state index >= 15 is 0 Å². The second kappa shape index (κ2) is 4.44. The molecule has 1 aliphatic carbocycles. The first-order chi connectivity index (χ1) is 9.34. The fourth-order valence-electron chi connectivity index (χ4n) is 3.42. The summed E-state index contributed by atoms with van der Waals surface area (Å²) >= 11 is 0. The minimum absolute atomic E-state index is 0.0535. The smallest absolute Gasteiger partial charge is 0.140 e. The summed E-state index contributed by atoms with van der Waals surface area (Å²) in [6.45, 7) is 6.19. The molecule has 0 aromatic heterocycles. The third-order valence-corrected chi connectivity index (χ3v) is 4.23. The molecule has 106 valence electrons. The number of hydrogen-bond donors (Lipinski definition) is 0. The molecule has 3 rings (SSSR count). The molecule has 1 saturated carbocycles. The van der Waals surface area contributed by atoms with Gasteiger partial charge in [-0.2, -0.15) is 0 Å². The number of carbonyl (C=O) groups excluding carboxylic acids is 2. The molecule has 3 heteroatoms. The summed E-state index contributed by atoms with van der Waals surface area (Å²) in [5, 5.41) is 0. The predicted molar refractivity (Wildman–Crippen MR) is 76.2 cm³/mol. The molecule has 0 amide bonds. The lowest BCUT2D eigenvalue weighted by atomic mass is 9.80. The molecule has 1 fully saturated rings. The number of ether oxygens (including phenoxy) is 1. The second-order valence-electron chi connectivity index (χ2n) is 6.71. The zero-order valence-electron chi connectivity index (χ0n) is 12.3. The molecule has 0 unspecified atom stereocenters. The summed E-state index contributed by atoms with van der Waals surface area (Å²) in [4.78, 5) is 23.3. The van der Waals surface area contributed by atoms with Gasteiger partial charge in [0.05, 0.1) is 6.42 Å². The van der Waals surface area contributed by atoms with Crippen LogP contribution < -0.4 is 4.74 Å². The van der Waals surface area contributed by atoms with Crippen LogP contribution >= 0.6 is 0 Å². The van der Waals surface area contributed by atoms with Crippen LogP contribution in [0.3, 0.4) is 0 Å². The maximum Gasteiger partial charge on any atom is 0.140 e. The highest BCUT2D eigenvalue weighted by Gasteiger charge is 2.33. The Morgan fingerprint density at radius 1 is 1.15 bits per heavy atom. The summed E-state index contributed by atoms with van der Waals surface area (Å²) in [6.07, 6.45) is 1.99. The SMILES string of the molecule is Cc1cc2c(cc1C1CC(=O)CC(=O)C1)CC(C)(C)O2. The van der Waals surface area contributed by atoms with Gasteiger partial charge in [-0.05, 0) is 49.4 Å². The van der Waals surface area contributed by atoms with Crippen molar-refractivity contribution < 1.29 is 14.3 Å². The van der Waals surface area contributed by atoms with Gasteiger partial charge in [-0.25, -0.2) is 0 Å². The van der Waals surface area contributed by atoms with Crippen molar-refractivity contribution in [3.8, 4) is 5.75 Å². The van der Waals surface area contributed by atoms with Gasteiger partial charge in [-0.3, -0.25) is 9.59 Å². The van der Waals surface area contributed by atoms with E-state index in [9.17, 15) is 9.59 Å². The minimum atomic E-state index is -0.161. The maximum absolute atomic E-state index is 11.7. The van der Waals surface area contributed by atoms with Crippen LogP contribution in [0.2, 0.25) is 0 Å². The third-order valence-electron chi connectivity index (χ3n) is 4.23. The summed E-state index contributed by atoms with van der Waals surface area (Å²) in [5.41, 5.74) is 3.30. The molecule has 0 spiro atoms. The summed E-state index contributed by atoms with van der Waals surface area (Å²) in [6, 6.07) is 4.21. The number of aryl methyl sites for hydroxylation is 1. The maximum atomic E-state index is 11.7. The molecule has 0 atom stereocenters. The fourth-order valence-corrected chi connectivity index (χ4v) is 3.42. The van der Waals surface area contributed by atoms with Gasteiger partial charge in [-0.1, -0.05) is 6.07 Å². The zero-order chi connectivity index (χ0) is 14.5. The van der Waals surface area contributed by atoms with E-state index in [-0.39, 0.29) is 29.5 Å². The van der Waals surface area contributed by atoms with E-state index < -0.39 is 0 Å². The number of hydrogen-bond acceptors (Lipinski definition) is 3. The van der Waals surface area contributed by atoms with Crippen molar-refractivity contribution in [2.75, 3.05) is 0 Å². The molecule has 0 saturated heterocycles. The lowest BCUT2D eigenvalue weighted by molar-refractivity contribution is -0.130. The highest BCUT2D eigenvalue weighted by molar-refractivity contribution is 6.02. The van der Waals surface area contributed by atoms with Crippen molar-refractivity contribution in [2.24, 2.45) is 0 Å². The Kier molecular flexibility index (Phi) is 2.96. The molecule has 1 aliphatic heterocycles. The molecule has 0 N–H and O–H groups in total. The number of Topliss-reactive ketones (excluding diaryl/α,β-unsaturated/α-hetero) is 2. The largest absolute Gasteiger partial charge is 0.487 e. The Hall–Kier alpha value is -1.64. The van der Waals surface area contributed by atoms with E-state index in [0.29, 0.717) is 12.8 Å². The summed E-state index contributed by atoms with van der Waals surface area (Å²) in [7, 11) is 0. The van der Waals surface area contributed by atoms with Crippen LogP contribution in [0.15, 0.2) is 12.1 Å². The van der Waals surface area contributed by atoms with Crippen molar-refractivity contribution in [2.45, 2.75) is 58.0 Å². The Balaban J connectivity index is 1.96. The number of carbonyl (C=O) groups is 2. The van der Waals surface area contributed by atoms with Crippen molar-refractivity contribution in [3.63, 3.8) is 0 Å². The van der Waals surface area contributed by atoms with Crippen molar-refractivity contribution in [3.05, 3.63) is 28.8 Å². The minimum Gasteiger partial charge on any atom is -0.487 e. The zero-order valence-corrected chi connectivity index (χ0v) is 12.3. The van der Waals surface area contributed by atoms with Gasteiger partial charge in [0.1, 0.15) is 22.9 Å². The number of benzene rings is 1. The van der Waals surface area contributed by atoms with Crippen LogP contribution in [0.5, 0.6) is 5.75 Å². The van der Waals surface area contributed by atoms with Gasteiger partial charge in [0.15, 0.2) is 0 Å². The van der Waals surface area contributed by atoms with Crippen LogP contribution in [-0.4, -0.2) is 17.2 Å². The highest BCUT2D eigenvalue weighted by atomic mass is 16.5. The van der Waals surface area contributed by atoms with Crippen LogP contribution in [-0.2, 0) is 16.0 Å². The van der Waals surface area contributed by atoms with Crippen LogP contribution in [0.1, 0.15) is 55.7 Å². The van der Waals surface area contributed by atoms with Gasteiger partial charge in [0, 0.05) is 19.3 Å². The molecule has 1 aromatic carbocycles. The van der Waals surface area contributed by atoms with Gasteiger partial charge >= 0.3 is 0 Å².